The molecular weight excluding hydrogens is 174 g/mol. The van der Waals surface area contributed by atoms with Gasteiger partial charge in [-0.25, -0.2) is 0 Å². The first-order chi connectivity index (χ1) is 5.59. The van der Waals surface area contributed by atoms with Crippen molar-refractivity contribution in [3.8, 4) is 0 Å². The van der Waals surface area contributed by atoms with Gasteiger partial charge >= 0.3 is 0 Å². The van der Waals surface area contributed by atoms with E-state index in [4.69, 9.17) is 5.11 Å². The van der Waals surface area contributed by atoms with E-state index in [9.17, 15) is 4.79 Å². The summed E-state index contributed by atoms with van der Waals surface area (Å²) in [7, 11) is 0. The minimum Gasteiger partial charge on any atom is -0.393 e. The van der Waals surface area contributed by atoms with Gasteiger partial charge in [-0.3, -0.25) is 4.79 Å². The Bertz CT molecular complexity index is 166. The zero-order valence-electron chi connectivity index (χ0n) is 7.16. The summed E-state index contributed by atoms with van der Waals surface area (Å²) in [6.45, 7) is 2.43. The number of hydrogen-bond acceptors (Lipinski definition) is 3. The van der Waals surface area contributed by atoms with Crippen LogP contribution in [0.3, 0.4) is 0 Å². The molecule has 12 heavy (non-hydrogen) atoms. The third-order valence-electron chi connectivity index (χ3n) is 2.16. The molecule has 0 spiro atoms. The first-order valence-electron chi connectivity index (χ1n) is 4.23. The third-order valence-corrected chi connectivity index (χ3v) is 2.39. The van der Waals surface area contributed by atoms with Crippen LogP contribution in [0.2, 0.25) is 0 Å². The lowest BCUT2D eigenvalue weighted by Gasteiger charge is -2.31. The van der Waals surface area contributed by atoms with Gasteiger partial charge < -0.3 is 10.4 Å². The molecule has 0 aromatic heterocycles. The second-order valence-corrected chi connectivity index (χ2v) is 4.19. The fraction of sp³-hybridized carbons (Fsp3) is 0.875. The molecule has 1 rings (SSSR count). The van der Waals surface area contributed by atoms with Gasteiger partial charge in [-0.1, -0.05) is 0 Å². The highest BCUT2D eigenvalue weighted by Crippen LogP contribution is 2.26. The predicted octanol–water partition coefficient (Wildman–Crippen LogP) is 0.192. The van der Waals surface area contributed by atoms with Crippen molar-refractivity contribution in [3.05, 3.63) is 0 Å². The molecule has 1 atom stereocenters. The summed E-state index contributed by atoms with van der Waals surface area (Å²) in [5, 5.41) is 11.5. The molecular formula is C8H15NO2S. The quantitative estimate of drug-likeness (QED) is 0.555. The number of thiol groups is 1. The molecule has 70 valence electrons. The molecule has 0 aromatic carbocycles. The molecule has 1 unspecified atom stereocenters. The summed E-state index contributed by atoms with van der Waals surface area (Å²) in [4.78, 5) is 11.0. The summed E-state index contributed by atoms with van der Waals surface area (Å²) in [5.41, 5.74) is 0. The predicted molar refractivity (Wildman–Crippen MR) is 50.2 cm³/mol. The third kappa shape index (κ3) is 2.68. The monoisotopic (exact) mass is 189 g/mol. The Morgan fingerprint density at radius 3 is 2.75 bits per heavy atom. The standard InChI is InChI=1S/C8H15NO2S/c1-5(12)8(11)9-4-6-2-7(10)3-6/h5-7,10,12H,2-4H2,1H3,(H,9,11). The van der Waals surface area contributed by atoms with E-state index in [0.717, 1.165) is 12.8 Å². The fourth-order valence-electron chi connectivity index (χ4n) is 1.26. The minimum absolute atomic E-state index is 0.0280. The van der Waals surface area contributed by atoms with Crippen LogP contribution in [-0.4, -0.2) is 28.9 Å². The van der Waals surface area contributed by atoms with Crippen molar-refractivity contribution in [3.63, 3.8) is 0 Å². The first kappa shape index (κ1) is 9.86. The van der Waals surface area contributed by atoms with E-state index in [1.165, 1.54) is 0 Å². The van der Waals surface area contributed by atoms with Gasteiger partial charge in [0.25, 0.3) is 0 Å². The van der Waals surface area contributed by atoms with Gasteiger partial charge in [0.1, 0.15) is 0 Å². The zero-order valence-corrected chi connectivity index (χ0v) is 8.05. The summed E-state index contributed by atoms with van der Waals surface area (Å²) in [6.07, 6.45) is 1.50. The molecule has 1 amide bonds. The highest BCUT2D eigenvalue weighted by molar-refractivity contribution is 7.81. The molecule has 4 heteroatoms. The highest BCUT2D eigenvalue weighted by atomic mass is 32.1. The number of hydrogen-bond donors (Lipinski definition) is 3. The van der Waals surface area contributed by atoms with Crippen LogP contribution in [-0.2, 0) is 4.79 Å². The van der Waals surface area contributed by atoms with Gasteiger partial charge in [0.15, 0.2) is 0 Å². The van der Waals surface area contributed by atoms with Crippen LogP contribution in [0.1, 0.15) is 19.8 Å². The highest BCUT2D eigenvalue weighted by Gasteiger charge is 2.27. The molecule has 0 bridgehead atoms. The first-order valence-corrected chi connectivity index (χ1v) is 4.75. The Hall–Kier alpha value is -0.220. The van der Waals surface area contributed by atoms with Crippen molar-refractivity contribution >= 4 is 18.5 Å². The summed E-state index contributed by atoms with van der Waals surface area (Å²) < 4.78 is 0. The SMILES string of the molecule is CC(S)C(=O)NCC1CC(O)C1. The second kappa shape index (κ2) is 4.14. The zero-order chi connectivity index (χ0) is 9.14. The molecule has 1 fully saturated rings. The molecule has 0 heterocycles. The van der Waals surface area contributed by atoms with E-state index in [1.807, 2.05) is 0 Å². The molecule has 0 aliphatic heterocycles. The summed E-state index contributed by atoms with van der Waals surface area (Å²) in [6, 6.07) is 0. The van der Waals surface area contributed by atoms with Crippen LogP contribution in [0, 0.1) is 5.92 Å². The van der Waals surface area contributed by atoms with E-state index < -0.39 is 0 Å². The lowest BCUT2D eigenvalue weighted by molar-refractivity contribution is -0.120. The Morgan fingerprint density at radius 2 is 2.33 bits per heavy atom. The van der Waals surface area contributed by atoms with Crippen LogP contribution in [0.5, 0.6) is 0 Å². The van der Waals surface area contributed by atoms with Gasteiger partial charge in [0.2, 0.25) is 5.91 Å². The largest absolute Gasteiger partial charge is 0.393 e. The number of carbonyl (C=O) groups is 1. The maximum atomic E-state index is 11.0. The van der Waals surface area contributed by atoms with E-state index in [1.54, 1.807) is 6.92 Å². The molecule has 0 saturated heterocycles. The number of aliphatic hydroxyl groups is 1. The van der Waals surface area contributed by atoms with E-state index in [-0.39, 0.29) is 17.3 Å². The van der Waals surface area contributed by atoms with Gasteiger partial charge in [-0.15, -0.1) is 0 Å². The average Bonchev–Trinajstić information content (AvgIpc) is 1.95. The van der Waals surface area contributed by atoms with Gasteiger partial charge in [-0.05, 0) is 25.7 Å². The van der Waals surface area contributed by atoms with Crippen LogP contribution in [0.4, 0.5) is 0 Å². The molecule has 1 aliphatic rings. The van der Waals surface area contributed by atoms with Crippen LogP contribution < -0.4 is 5.32 Å². The molecule has 1 saturated carbocycles. The molecule has 1 aliphatic carbocycles. The maximum absolute atomic E-state index is 11.0. The summed E-state index contributed by atoms with van der Waals surface area (Å²) in [5.74, 6) is 0.441. The van der Waals surface area contributed by atoms with Gasteiger partial charge in [0.05, 0.1) is 11.4 Å². The fourth-order valence-corrected chi connectivity index (χ4v) is 1.35. The Kier molecular flexibility index (Phi) is 3.40. The summed E-state index contributed by atoms with van der Waals surface area (Å²) >= 11 is 4.00. The van der Waals surface area contributed by atoms with Crippen molar-refractivity contribution < 1.29 is 9.90 Å². The molecule has 0 radical (unpaired) electrons. The Morgan fingerprint density at radius 1 is 1.75 bits per heavy atom. The molecule has 2 N–H and O–H groups in total. The van der Waals surface area contributed by atoms with E-state index in [2.05, 4.69) is 17.9 Å². The Balaban J connectivity index is 2.06. The van der Waals surface area contributed by atoms with E-state index in [0.29, 0.717) is 12.5 Å². The smallest absolute Gasteiger partial charge is 0.232 e. The second-order valence-electron chi connectivity index (χ2n) is 3.41. The van der Waals surface area contributed by atoms with Gasteiger partial charge in [0, 0.05) is 6.54 Å². The van der Waals surface area contributed by atoms with Crippen molar-refractivity contribution in [2.75, 3.05) is 6.54 Å². The van der Waals surface area contributed by atoms with Crippen molar-refractivity contribution in [2.24, 2.45) is 5.92 Å². The minimum atomic E-state index is -0.241. The molecule has 3 nitrogen and oxygen atoms in total. The number of rotatable bonds is 3. The lowest BCUT2D eigenvalue weighted by atomic mass is 9.82. The molecule has 0 aromatic rings. The van der Waals surface area contributed by atoms with E-state index >= 15 is 0 Å². The number of aliphatic hydroxyl groups excluding tert-OH is 1. The number of amides is 1. The maximum Gasteiger partial charge on any atom is 0.232 e. The normalized spacial score (nSPS) is 30.6. The van der Waals surface area contributed by atoms with Crippen molar-refractivity contribution in [1.82, 2.24) is 5.32 Å². The topological polar surface area (TPSA) is 49.3 Å². The van der Waals surface area contributed by atoms with Crippen molar-refractivity contribution in [1.29, 1.82) is 0 Å². The number of nitrogens with one attached hydrogen (secondary N) is 1. The number of carbonyl (C=O) groups excluding carboxylic acids is 1. The van der Waals surface area contributed by atoms with Crippen LogP contribution in [0.25, 0.3) is 0 Å². The lowest BCUT2D eigenvalue weighted by Crippen LogP contribution is -2.40. The van der Waals surface area contributed by atoms with Crippen molar-refractivity contribution in [2.45, 2.75) is 31.1 Å². The Labute approximate surface area is 77.9 Å². The van der Waals surface area contributed by atoms with Crippen LogP contribution >= 0.6 is 12.6 Å². The average molecular weight is 189 g/mol. The van der Waals surface area contributed by atoms with Crippen LogP contribution in [0.15, 0.2) is 0 Å². The van der Waals surface area contributed by atoms with Gasteiger partial charge in [-0.2, -0.15) is 12.6 Å².